The highest BCUT2D eigenvalue weighted by molar-refractivity contribution is 9.10. The number of nitrogens with zero attached hydrogens (tertiary/aromatic N) is 3. The number of pyridine rings is 1. The van der Waals surface area contributed by atoms with Crippen LogP contribution in [0.1, 0.15) is 12.5 Å². The summed E-state index contributed by atoms with van der Waals surface area (Å²) in [4.78, 5) is 32.2. The third kappa shape index (κ3) is 2.33. The third-order valence-electron chi connectivity index (χ3n) is 4.16. The van der Waals surface area contributed by atoms with Gasteiger partial charge in [0.1, 0.15) is 5.54 Å². The monoisotopic (exact) mass is 393 g/mol. The SMILES string of the molecule is CN1C(=O)N(c2cccnc2Cl)C(=O)[C@@]1(C)c1ccc(Br)cc1. The largest absolute Gasteiger partial charge is 0.332 e. The lowest BCUT2D eigenvalue weighted by atomic mass is 9.91. The van der Waals surface area contributed by atoms with E-state index in [0.717, 1.165) is 14.9 Å². The van der Waals surface area contributed by atoms with Gasteiger partial charge < -0.3 is 4.90 Å². The lowest BCUT2D eigenvalue weighted by Gasteiger charge is -2.28. The molecule has 0 aliphatic carbocycles. The Balaban J connectivity index is 2.11. The molecule has 1 aromatic carbocycles. The highest BCUT2D eigenvalue weighted by Gasteiger charge is 2.54. The number of anilines is 1. The lowest BCUT2D eigenvalue weighted by molar-refractivity contribution is -0.124. The molecule has 2 aromatic rings. The Labute approximate surface area is 147 Å². The number of carbonyl (C=O) groups excluding carboxylic acids is 2. The van der Waals surface area contributed by atoms with Crippen LogP contribution < -0.4 is 4.90 Å². The van der Waals surface area contributed by atoms with Gasteiger partial charge in [-0.05, 0) is 36.8 Å². The molecule has 1 saturated heterocycles. The van der Waals surface area contributed by atoms with Crippen molar-refractivity contribution < 1.29 is 9.59 Å². The van der Waals surface area contributed by atoms with Crippen molar-refractivity contribution in [3.8, 4) is 0 Å². The maximum Gasteiger partial charge on any atom is 0.332 e. The summed E-state index contributed by atoms with van der Waals surface area (Å²) in [6.45, 7) is 1.72. The van der Waals surface area contributed by atoms with E-state index in [1.165, 1.54) is 11.1 Å². The average molecular weight is 395 g/mol. The first-order valence-corrected chi connectivity index (χ1v) is 8.03. The maximum atomic E-state index is 13.1. The first-order valence-electron chi connectivity index (χ1n) is 6.86. The molecule has 1 aromatic heterocycles. The van der Waals surface area contributed by atoms with Gasteiger partial charge in [-0.1, -0.05) is 39.7 Å². The number of aromatic nitrogens is 1. The molecular formula is C16H13BrClN3O2. The van der Waals surface area contributed by atoms with E-state index in [9.17, 15) is 9.59 Å². The zero-order valence-electron chi connectivity index (χ0n) is 12.5. The van der Waals surface area contributed by atoms with Gasteiger partial charge >= 0.3 is 6.03 Å². The lowest BCUT2D eigenvalue weighted by Crippen LogP contribution is -2.42. The molecule has 1 aliphatic rings. The van der Waals surface area contributed by atoms with E-state index in [1.54, 1.807) is 26.1 Å². The number of hydrogen-bond acceptors (Lipinski definition) is 3. The first kappa shape index (κ1) is 16.0. The Kier molecular flexibility index (Phi) is 3.90. The van der Waals surface area contributed by atoms with Gasteiger partial charge in [0.25, 0.3) is 5.91 Å². The van der Waals surface area contributed by atoms with Crippen molar-refractivity contribution in [1.29, 1.82) is 0 Å². The molecule has 118 valence electrons. The van der Waals surface area contributed by atoms with Gasteiger partial charge in [-0.15, -0.1) is 0 Å². The molecule has 0 N–H and O–H groups in total. The molecule has 0 unspecified atom stereocenters. The van der Waals surface area contributed by atoms with Crippen LogP contribution in [0.4, 0.5) is 10.5 Å². The maximum absolute atomic E-state index is 13.1. The number of benzene rings is 1. The summed E-state index contributed by atoms with van der Waals surface area (Å²) in [6, 6.07) is 10.1. The molecule has 0 bridgehead atoms. The first-order chi connectivity index (χ1) is 10.9. The summed E-state index contributed by atoms with van der Waals surface area (Å²) in [7, 11) is 1.60. The summed E-state index contributed by atoms with van der Waals surface area (Å²) in [5, 5.41) is 0.114. The molecule has 3 rings (SSSR count). The molecule has 2 heterocycles. The van der Waals surface area contributed by atoms with Crippen molar-refractivity contribution in [1.82, 2.24) is 9.88 Å². The fourth-order valence-electron chi connectivity index (χ4n) is 2.64. The molecule has 7 heteroatoms. The zero-order chi connectivity index (χ0) is 16.8. The van der Waals surface area contributed by atoms with E-state index in [0.29, 0.717) is 0 Å². The van der Waals surface area contributed by atoms with Crippen LogP contribution in [0, 0.1) is 0 Å². The van der Waals surface area contributed by atoms with Crippen LogP contribution >= 0.6 is 27.5 Å². The summed E-state index contributed by atoms with van der Waals surface area (Å²) >= 11 is 9.43. The van der Waals surface area contributed by atoms with Gasteiger partial charge in [-0.3, -0.25) is 4.79 Å². The molecule has 0 saturated carbocycles. The summed E-state index contributed by atoms with van der Waals surface area (Å²) in [5.41, 5.74) is -0.0855. The van der Waals surface area contributed by atoms with Crippen molar-refractivity contribution in [3.05, 3.63) is 57.8 Å². The van der Waals surface area contributed by atoms with Crippen molar-refractivity contribution in [2.45, 2.75) is 12.5 Å². The number of imide groups is 1. The van der Waals surface area contributed by atoms with Crippen LogP contribution in [-0.2, 0) is 10.3 Å². The van der Waals surface area contributed by atoms with Crippen LogP contribution in [-0.4, -0.2) is 28.9 Å². The number of likely N-dealkylation sites (N-methyl/N-ethyl adjacent to an activating group) is 1. The quantitative estimate of drug-likeness (QED) is 0.575. The van der Waals surface area contributed by atoms with Crippen LogP contribution in [0.2, 0.25) is 5.15 Å². The fraction of sp³-hybridized carbons (Fsp3) is 0.188. The number of rotatable bonds is 2. The van der Waals surface area contributed by atoms with Gasteiger partial charge in [-0.25, -0.2) is 14.7 Å². The highest BCUT2D eigenvalue weighted by atomic mass is 79.9. The van der Waals surface area contributed by atoms with Gasteiger partial charge in [0, 0.05) is 17.7 Å². The minimum atomic E-state index is -1.10. The van der Waals surface area contributed by atoms with Crippen molar-refractivity contribution in [2.24, 2.45) is 0 Å². The third-order valence-corrected chi connectivity index (χ3v) is 4.98. The predicted octanol–water partition coefficient (Wildman–Crippen LogP) is 3.81. The Morgan fingerprint density at radius 2 is 1.83 bits per heavy atom. The molecule has 1 fully saturated rings. The smallest absolute Gasteiger partial charge is 0.308 e. The van der Waals surface area contributed by atoms with E-state index in [2.05, 4.69) is 20.9 Å². The standard InChI is InChI=1S/C16H13BrClN3O2/c1-16(10-5-7-11(17)8-6-10)14(22)21(15(23)20(16)2)12-4-3-9-19-13(12)18/h3-9H,1-2H3/t16-/m1/s1. The van der Waals surface area contributed by atoms with Crippen LogP contribution in [0.5, 0.6) is 0 Å². The minimum absolute atomic E-state index is 0.114. The molecule has 5 nitrogen and oxygen atoms in total. The molecule has 1 atom stereocenters. The zero-order valence-corrected chi connectivity index (χ0v) is 14.8. The van der Waals surface area contributed by atoms with E-state index in [1.807, 2.05) is 24.3 Å². The van der Waals surface area contributed by atoms with Crippen LogP contribution in [0.15, 0.2) is 47.1 Å². The van der Waals surface area contributed by atoms with E-state index >= 15 is 0 Å². The molecule has 23 heavy (non-hydrogen) atoms. The van der Waals surface area contributed by atoms with Gasteiger partial charge in [0.05, 0.1) is 5.69 Å². The average Bonchev–Trinajstić information content (AvgIpc) is 2.71. The van der Waals surface area contributed by atoms with Crippen LogP contribution in [0.3, 0.4) is 0 Å². The van der Waals surface area contributed by atoms with E-state index in [-0.39, 0.29) is 16.7 Å². The number of urea groups is 1. The molecule has 0 radical (unpaired) electrons. The fourth-order valence-corrected chi connectivity index (χ4v) is 3.11. The van der Waals surface area contributed by atoms with Crippen LogP contribution in [0.25, 0.3) is 0 Å². The van der Waals surface area contributed by atoms with E-state index in [4.69, 9.17) is 11.6 Å². The molecule has 0 spiro atoms. The Hall–Kier alpha value is -1.92. The molecule has 1 aliphatic heterocycles. The van der Waals surface area contributed by atoms with Gasteiger partial charge in [0.2, 0.25) is 0 Å². The Bertz CT molecular complexity index is 796. The van der Waals surface area contributed by atoms with Crippen molar-refractivity contribution >= 4 is 45.2 Å². The number of carbonyl (C=O) groups is 2. The van der Waals surface area contributed by atoms with Crippen molar-refractivity contribution in [2.75, 3.05) is 11.9 Å². The Morgan fingerprint density at radius 3 is 2.43 bits per heavy atom. The second-order valence-corrected chi connectivity index (χ2v) is 6.65. The van der Waals surface area contributed by atoms with Gasteiger partial charge in [0.15, 0.2) is 5.15 Å². The second-order valence-electron chi connectivity index (χ2n) is 5.37. The number of hydrogen-bond donors (Lipinski definition) is 0. The molecule has 3 amide bonds. The van der Waals surface area contributed by atoms with Gasteiger partial charge in [-0.2, -0.15) is 0 Å². The molecular weight excluding hydrogens is 382 g/mol. The predicted molar refractivity (Wildman–Crippen MR) is 91.4 cm³/mol. The summed E-state index contributed by atoms with van der Waals surface area (Å²) in [6.07, 6.45) is 1.51. The highest BCUT2D eigenvalue weighted by Crippen LogP contribution is 2.40. The second kappa shape index (κ2) is 5.62. The Morgan fingerprint density at radius 1 is 1.17 bits per heavy atom. The number of halogens is 2. The van der Waals surface area contributed by atoms with Crippen molar-refractivity contribution in [3.63, 3.8) is 0 Å². The van der Waals surface area contributed by atoms with E-state index < -0.39 is 11.6 Å². The normalized spacial score (nSPS) is 21.2. The number of amides is 3. The topological polar surface area (TPSA) is 53.5 Å². The summed E-state index contributed by atoms with van der Waals surface area (Å²) < 4.78 is 0.899. The summed E-state index contributed by atoms with van der Waals surface area (Å²) in [5.74, 6) is -0.359. The minimum Gasteiger partial charge on any atom is -0.308 e.